The Labute approximate surface area is 382 Å². The molecule has 4 nitrogen and oxygen atoms in total. The van der Waals surface area contributed by atoms with E-state index in [0.29, 0.717) is 23.0 Å². The first kappa shape index (κ1) is 44.6. The summed E-state index contributed by atoms with van der Waals surface area (Å²) in [5.41, 5.74) is 10.4. The molecule has 0 bridgehead atoms. The second-order valence-electron chi connectivity index (χ2n) is 16.9. The molecule has 5 heterocycles. The fourth-order valence-electron chi connectivity index (χ4n) is 9.00. The molecule has 0 aliphatic heterocycles. The van der Waals surface area contributed by atoms with Crippen LogP contribution in [0.2, 0.25) is 0 Å². The van der Waals surface area contributed by atoms with Crippen LogP contribution in [0.4, 0.5) is 8.78 Å². The third kappa shape index (κ3) is 9.31. The quantitative estimate of drug-likeness (QED) is 0.0765. The van der Waals surface area contributed by atoms with Gasteiger partial charge < -0.3 is 0 Å². The highest BCUT2D eigenvalue weighted by Gasteiger charge is 2.26. The maximum Gasteiger partial charge on any atom is 0.132 e. The Morgan fingerprint density at radius 3 is 1.48 bits per heavy atom. The summed E-state index contributed by atoms with van der Waals surface area (Å²) in [6.07, 6.45) is 15.3. The van der Waals surface area contributed by atoms with Crippen LogP contribution < -0.4 is 0 Å². The van der Waals surface area contributed by atoms with Gasteiger partial charge in [0, 0.05) is 51.2 Å². The van der Waals surface area contributed by atoms with Crippen molar-refractivity contribution in [1.82, 2.24) is 18.7 Å². The van der Waals surface area contributed by atoms with Gasteiger partial charge in [-0.25, -0.2) is 18.7 Å². The lowest BCUT2D eigenvalue weighted by atomic mass is 9.92. The van der Waals surface area contributed by atoms with Gasteiger partial charge in [0.05, 0.1) is 23.1 Å². The van der Waals surface area contributed by atoms with Gasteiger partial charge in [-0.1, -0.05) is 117 Å². The van der Waals surface area contributed by atoms with E-state index < -0.39 is 0 Å². The molecule has 0 N–H and O–H groups in total. The monoisotopic (exact) mass is 904 g/mol. The van der Waals surface area contributed by atoms with E-state index in [2.05, 4.69) is 71.9 Å². The van der Waals surface area contributed by atoms with Gasteiger partial charge in [0.15, 0.2) is 0 Å². The summed E-state index contributed by atoms with van der Waals surface area (Å²) in [6.45, 7) is 13.3. The van der Waals surface area contributed by atoms with E-state index in [4.69, 9.17) is 18.7 Å². The highest BCUT2D eigenvalue weighted by Crippen LogP contribution is 2.49. The minimum atomic E-state index is -0.183. The van der Waals surface area contributed by atoms with Crippen molar-refractivity contribution in [2.75, 3.05) is 0 Å². The van der Waals surface area contributed by atoms with Crippen molar-refractivity contribution in [2.24, 2.45) is 11.8 Å². The number of halogens is 2. The normalized spacial score (nSPS) is 13.0. The second-order valence-corrected chi connectivity index (χ2v) is 20.7. The molecule has 62 heavy (non-hydrogen) atoms. The maximum atomic E-state index is 15.9. The number of thiophene rings is 3. The molecule has 324 valence electrons. The number of unbranched alkanes of at least 4 members (excludes halogenated alkanes) is 2. The van der Waals surface area contributed by atoms with Gasteiger partial charge in [-0.2, -0.15) is 8.75 Å². The molecular formula is C52H58F2N4S4. The zero-order valence-electron chi connectivity index (χ0n) is 37.0. The predicted molar refractivity (Wildman–Crippen MR) is 265 cm³/mol. The zero-order chi connectivity index (χ0) is 43.3. The summed E-state index contributed by atoms with van der Waals surface area (Å²) < 4.78 is 43.7. The zero-order valence-corrected chi connectivity index (χ0v) is 40.3. The number of rotatable bonds is 20. The molecule has 0 fully saturated rings. The van der Waals surface area contributed by atoms with Crippen molar-refractivity contribution in [3.8, 4) is 41.8 Å². The summed E-state index contributed by atoms with van der Waals surface area (Å²) in [7, 11) is 0. The third-order valence-corrected chi connectivity index (χ3v) is 16.8. The molecule has 2 atom stereocenters. The number of nitrogens with zero attached hydrogens (tertiary/aromatic N) is 4. The number of hydrogen-bond acceptors (Lipinski definition) is 8. The highest BCUT2D eigenvalue weighted by atomic mass is 32.1. The SMILES string of the molecule is CCCCC(CC)CCc1ccc(-c2ccc(-c3c4nsnc4c(-c4cc5sc(-c6ccc(CCC(CC)CCCC)cc6F)cc5s4)c4nc(CC)c(CC)nc34)s2)c(F)c1. The van der Waals surface area contributed by atoms with E-state index in [1.807, 2.05) is 18.2 Å². The van der Waals surface area contributed by atoms with Gasteiger partial charge >= 0.3 is 0 Å². The van der Waals surface area contributed by atoms with Crippen LogP contribution in [0.1, 0.15) is 128 Å². The molecule has 0 saturated carbocycles. The minimum Gasteiger partial charge on any atom is -0.249 e. The first-order valence-electron chi connectivity index (χ1n) is 23.0. The summed E-state index contributed by atoms with van der Waals surface area (Å²) in [5, 5.41) is 0. The molecule has 0 saturated heterocycles. The lowest BCUT2D eigenvalue weighted by molar-refractivity contribution is 0.421. The van der Waals surface area contributed by atoms with Gasteiger partial charge in [0.25, 0.3) is 0 Å². The van der Waals surface area contributed by atoms with Crippen molar-refractivity contribution in [2.45, 2.75) is 131 Å². The molecule has 2 unspecified atom stereocenters. The number of fused-ring (bicyclic) bond motifs is 3. The number of hydrogen-bond donors (Lipinski definition) is 0. The average molecular weight is 905 g/mol. The smallest absolute Gasteiger partial charge is 0.132 e. The van der Waals surface area contributed by atoms with Crippen LogP contribution in [-0.2, 0) is 25.7 Å². The van der Waals surface area contributed by atoms with E-state index in [1.54, 1.807) is 46.1 Å². The molecular weight excluding hydrogens is 847 g/mol. The molecule has 0 aliphatic carbocycles. The second kappa shape index (κ2) is 20.3. The Hall–Kier alpha value is -3.96. The number of aromatic nitrogens is 4. The van der Waals surface area contributed by atoms with Crippen LogP contribution in [-0.4, -0.2) is 18.7 Å². The summed E-state index contributed by atoms with van der Waals surface area (Å²) in [5.74, 6) is 1.05. The lowest BCUT2D eigenvalue weighted by Crippen LogP contribution is -2.03. The Morgan fingerprint density at radius 1 is 0.500 bits per heavy atom. The Bertz CT molecular complexity index is 2760. The first-order chi connectivity index (χ1) is 30.3. The van der Waals surface area contributed by atoms with Crippen LogP contribution in [0.3, 0.4) is 0 Å². The van der Waals surface area contributed by atoms with Crippen molar-refractivity contribution in [1.29, 1.82) is 0 Å². The fraction of sp³-hybridized carbons (Fsp3) is 0.423. The minimum absolute atomic E-state index is 0.154. The fourth-order valence-corrected chi connectivity index (χ4v) is 13.1. The standard InChI is InChI=1S/C52H58F2N4S4/c1-7-13-15-31(9-3)17-19-33-21-23-35(37(53)27-33)41-25-26-42(59-41)47-49-50(56-40(12-6)39(11-5)55-49)48(52-51(47)57-62-58-52)46-30-45-44(61-46)29-43(60-45)36-24-22-34(28-38(36)54)20-18-32(10-4)16-14-8-2/h21-32H,7-20H2,1-6H3. The van der Waals surface area contributed by atoms with Crippen molar-refractivity contribution < 1.29 is 8.78 Å². The van der Waals surface area contributed by atoms with E-state index in [-0.39, 0.29) is 11.6 Å². The van der Waals surface area contributed by atoms with E-state index in [9.17, 15) is 0 Å². The molecule has 5 aromatic heterocycles. The van der Waals surface area contributed by atoms with Gasteiger partial charge in [0.2, 0.25) is 0 Å². The van der Waals surface area contributed by atoms with Crippen molar-refractivity contribution >= 4 is 77.2 Å². The average Bonchev–Trinajstić information content (AvgIpc) is 4.11. The predicted octanol–water partition coefficient (Wildman–Crippen LogP) is 17.3. The number of benzene rings is 3. The maximum absolute atomic E-state index is 15.9. The topological polar surface area (TPSA) is 51.6 Å². The number of aryl methyl sites for hydroxylation is 4. The molecule has 0 aliphatic rings. The van der Waals surface area contributed by atoms with Gasteiger partial charge in [-0.05, 0) is 97.9 Å². The molecule has 10 heteroatoms. The van der Waals surface area contributed by atoms with Crippen LogP contribution in [0.25, 0.3) is 73.2 Å². The molecule has 0 spiro atoms. The van der Waals surface area contributed by atoms with Crippen LogP contribution in [0.15, 0.2) is 60.7 Å². The van der Waals surface area contributed by atoms with Crippen LogP contribution in [0.5, 0.6) is 0 Å². The van der Waals surface area contributed by atoms with Gasteiger partial charge in [-0.15, -0.1) is 34.0 Å². The van der Waals surface area contributed by atoms with Crippen molar-refractivity contribution in [3.05, 3.63) is 94.8 Å². The molecule has 3 aromatic carbocycles. The van der Waals surface area contributed by atoms with Crippen molar-refractivity contribution in [3.63, 3.8) is 0 Å². The van der Waals surface area contributed by atoms with Crippen LogP contribution >= 0.6 is 45.7 Å². The Morgan fingerprint density at radius 2 is 0.984 bits per heavy atom. The highest BCUT2D eigenvalue weighted by molar-refractivity contribution is 7.31. The molecule has 0 amide bonds. The molecule has 0 radical (unpaired) electrons. The summed E-state index contributed by atoms with van der Waals surface area (Å²) >= 11 is 6.07. The first-order valence-corrected chi connectivity index (χ1v) is 26.1. The largest absolute Gasteiger partial charge is 0.249 e. The molecule has 8 rings (SSSR count). The van der Waals surface area contributed by atoms with E-state index in [1.165, 1.54) is 63.1 Å². The van der Waals surface area contributed by atoms with Crippen LogP contribution in [0, 0.1) is 23.5 Å². The van der Waals surface area contributed by atoms with E-state index in [0.717, 1.165) is 123 Å². The lowest BCUT2D eigenvalue weighted by Gasteiger charge is -2.14. The van der Waals surface area contributed by atoms with Gasteiger partial charge in [-0.3, -0.25) is 0 Å². The van der Waals surface area contributed by atoms with Gasteiger partial charge in [0.1, 0.15) is 33.7 Å². The third-order valence-electron chi connectivity index (χ3n) is 12.8. The Balaban J connectivity index is 1.13. The van der Waals surface area contributed by atoms with E-state index >= 15 is 8.78 Å². The summed E-state index contributed by atoms with van der Waals surface area (Å²) in [4.78, 5) is 14.5. The summed E-state index contributed by atoms with van der Waals surface area (Å²) in [6, 6.07) is 20.0. The molecule has 8 aromatic rings. The Kier molecular flexibility index (Phi) is 14.6.